The van der Waals surface area contributed by atoms with Crippen molar-refractivity contribution in [2.24, 2.45) is 11.8 Å². The molecule has 88 valence electrons. The highest BCUT2D eigenvalue weighted by molar-refractivity contribution is 9.11. The highest BCUT2D eigenvalue weighted by Crippen LogP contribution is 2.37. The molecule has 1 N–H and O–H groups in total. The number of hydrogen-bond donors (Lipinski definition) is 1. The molecule has 0 unspecified atom stereocenters. The van der Waals surface area contributed by atoms with Gasteiger partial charge < -0.3 is 5.32 Å². The molecular formula is C13H17Br2N. The molecule has 2 rings (SSSR count). The zero-order valence-electron chi connectivity index (χ0n) is 9.63. The molecule has 0 atom stereocenters. The van der Waals surface area contributed by atoms with E-state index in [9.17, 15) is 0 Å². The van der Waals surface area contributed by atoms with Crippen LogP contribution in [-0.4, -0.2) is 6.04 Å². The van der Waals surface area contributed by atoms with E-state index < -0.39 is 0 Å². The van der Waals surface area contributed by atoms with Gasteiger partial charge >= 0.3 is 0 Å². The molecule has 16 heavy (non-hydrogen) atoms. The molecule has 1 aromatic carbocycles. The van der Waals surface area contributed by atoms with E-state index in [-0.39, 0.29) is 0 Å². The van der Waals surface area contributed by atoms with Gasteiger partial charge in [0, 0.05) is 20.7 Å². The van der Waals surface area contributed by atoms with Crippen molar-refractivity contribution in [2.75, 3.05) is 5.32 Å². The van der Waals surface area contributed by atoms with E-state index in [1.54, 1.807) is 0 Å². The number of halogens is 2. The van der Waals surface area contributed by atoms with Gasteiger partial charge in [0.15, 0.2) is 0 Å². The normalized spacial score (nSPS) is 24.3. The van der Waals surface area contributed by atoms with Crippen LogP contribution in [0.3, 0.4) is 0 Å². The standard InChI is InChI=1S/C13H17Br2N/c1-8(2)9-5-11(6-9)16-13-7-10(14)3-4-12(13)15/h3-4,7-9,11,16H,5-6H2,1-2H3. The Morgan fingerprint density at radius 2 is 1.94 bits per heavy atom. The summed E-state index contributed by atoms with van der Waals surface area (Å²) < 4.78 is 2.27. The minimum atomic E-state index is 0.651. The number of hydrogen-bond acceptors (Lipinski definition) is 1. The molecule has 1 aliphatic rings. The van der Waals surface area contributed by atoms with Crippen molar-refractivity contribution in [2.45, 2.75) is 32.7 Å². The first-order valence-electron chi connectivity index (χ1n) is 5.78. The first-order valence-corrected chi connectivity index (χ1v) is 7.36. The Balaban J connectivity index is 1.94. The smallest absolute Gasteiger partial charge is 0.0498 e. The monoisotopic (exact) mass is 345 g/mol. The van der Waals surface area contributed by atoms with Crippen LogP contribution in [0.1, 0.15) is 26.7 Å². The first kappa shape index (κ1) is 12.4. The maximum absolute atomic E-state index is 3.60. The van der Waals surface area contributed by atoms with Gasteiger partial charge in [-0.3, -0.25) is 0 Å². The average molecular weight is 347 g/mol. The lowest BCUT2D eigenvalue weighted by atomic mass is 9.73. The van der Waals surface area contributed by atoms with Gasteiger partial charge in [0.05, 0.1) is 0 Å². The summed E-state index contributed by atoms with van der Waals surface area (Å²) in [6.45, 7) is 4.63. The van der Waals surface area contributed by atoms with Gasteiger partial charge in [-0.05, 0) is 58.8 Å². The second-order valence-corrected chi connectivity index (χ2v) is 6.71. The molecule has 0 radical (unpaired) electrons. The van der Waals surface area contributed by atoms with Crippen molar-refractivity contribution in [1.29, 1.82) is 0 Å². The summed E-state index contributed by atoms with van der Waals surface area (Å²) in [6.07, 6.45) is 2.60. The molecule has 0 amide bonds. The van der Waals surface area contributed by atoms with Gasteiger partial charge in [0.25, 0.3) is 0 Å². The van der Waals surface area contributed by atoms with Crippen LogP contribution >= 0.6 is 31.9 Å². The van der Waals surface area contributed by atoms with Crippen LogP contribution in [0.2, 0.25) is 0 Å². The molecule has 3 heteroatoms. The largest absolute Gasteiger partial charge is 0.381 e. The van der Waals surface area contributed by atoms with E-state index in [4.69, 9.17) is 0 Å². The Labute approximate surface area is 114 Å². The van der Waals surface area contributed by atoms with Crippen molar-refractivity contribution in [1.82, 2.24) is 0 Å². The molecular weight excluding hydrogens is 330 g/mol. The Hall–Kier alpha value is -0.0200. The number of anilines is 1. The average Bonchev–Trinajstić information content (AvgIpc) is 2.15. The van der Waals surface area contributed by atoms with Crippen molar-refractivity contribution in [3.8, 4) is 0 Å². The predicted molar refractivity (Wildman–Crippen MR) is 76.8 cm³/mol. The summed E-state index contributed by atoms with van der Waals surface area (Å²) in [7, 11) is 0. The third kappa shape index (κ3) is 2.80. The Bertz CT molecular complexity index is 370. The third-order valence-corrected chi connectivity index (χ3v) is 4.59. The fourth-order valence-electron chi connectivity index (χ4n) is 2.15. The maximum Gasteiger partial charge on any atom is 0.0498 e. The third-order valence-electron chi connectivity index (χ3n) is 3.41. The van der Waals surface area contributed by atoms with Crippen LogP contribution in [0.25, 0.3) is 0 Å². The highest BCUT2D eigenvalue weighted by atomic mass is 79.9. The lowest BCUT2D eigenvalue weighted by Gasteiger charge is -2.39. The summed E-state index contributed by atoms with van der Waals surface area (Å²) in [4.78, 5) is 0. The molecule has 0 saturated heterocycles. The lowest BCUT2D eigenvalue weighted by molar-refractivity contribution is 0.212. The van der Waals surface area contributed by atoms with E-state index in [1.807, 2.05) is 6.07 Å². The fourth-order valence-corrected chi connectivity index (χ4v) is 2.87. The zero-order valence-corrected chi connectivity index (χ0v) is 12.8. The summed E-state index contributed by atoms with van der Waals surface area (Å²) in [5, 5.41) is 3.60. The van der Waals surface area contributed by atoms with E-state index in [0.29, 0.717) is 6.04 Å². The molecule has 1 aromatic rings. The first-order chi connectivity index (χ1) is 7.56. The van der Waals surface area contributed by atoms with Crippen molar-refractivity contribution in [3.05, 3.63) is 27.1 Å². The topological polar surface area (TPSA) is 12.0 Å². The Morgan fingerprint density at radius 1 is 1.25 bits per heavy atom. The summed E-state index contributed by atoms with van der Waals surface area (Å²) in [6, 6.07) is 6.91. The second-order valence-electron chi connectivity index (χ2n) is 4.94. The molecule has 0 aliphatic heterocycles. The molecule has 0 spiro atoms. The number of benzene rings is 1. The van der Waals surface area contributed by atoms with E-state index >= 15 is 0 Å². The summed E-state index contributed by atoms with van der Waals surface area (Å²) in [5.74, 6) is 1.73. The van der Waals surface area contributed by atoms with Crippen molar-refractivity contribution in [3.63, 3.8) is 0 Å². The van der Waals surface area contributed by atoms with Crippen LogP contribution in [0.4, 0.5) is 5.69 Å². The second kappa shape index (κ2) is 5.09. The molecule has 0 heterocycles. The lowest BCUT2D eigenvalue weighted by Crippen LogP contribution is -2.37. The molecule has 1 fully saturated rings. The van der Waals surface area contributed by atoms with E-state index in [0.717, 1.165) is 20.8 Å². The molecule has 1 aliphatic carbocycles. The van der Waals surface area contributed by atoms with Gasteiger partial charge in [-0.25, -0.2) is 0 Å². The van der Waals surface area contributed by atoms with Gasteiger partial charge in [0.2, 0.25) is 0 Å². The van der Waals surface area contributed by atoms with Gasteiger partial charge in [0.1, 0.15) is 0 Å². The molecule has 0 aromatic heterocycles. The Kier molecular flexibility index (Phi) is 3.96. The van der Waals surface area contributed by atoms with Crippen molar-refractivity contribution >= 4 is 37.5 Å². The maximum atomic E-state index is 3.60. The molecule has 1 nitrogen and oxygen atoms in total. The predicted octanol–water partition coefficient (Wildman–Crippen LogP) is 5.06. The van der Waals surface area contributed by atoms with Gasteiger partial charge in [-0.15, -0.1) is 0 Å². The molecule has 0 bridgehead atoms. The Morgan fingerprint density at radius 3 is 2.56 bits per heavy atom. The highest BCUT2D eigenvalue weighted by Gasteiger charge is 2.31. The van der Waals surface area contributed by atoms with E-state index in [2.05, 4.69) is 63.2 Å². The fraction of sp³-hybridized carbons (Fsp3) is 0.538. The summed E-state index contributed by atoms with van der Waals surface area (Å²) >= 11 is 7.07. The van der Waals surface area contributed by atoms with Crippen LogP contribution in [0.5, 0.6) is 0 Å². The SMILES string of the molecule is CC(C)C1CC(Nc2cc(Br)ccc2Br)C1. The van der Waals surface area contributed by atoms with Crippen LogP contribution in [0.15, 0.2) is 27.1 Å². The van der Waals surface area contributed by atoms with Gasteiger partial charge in [-0.1, -0.05) is 29.8 Å². The van der Waals surface area contributed by atoms with E-state index in [1.165, 1.54) is 18.5 Å². The number of rotatable bonds is 3. The zero-order chi connectivity index (χ0) is 11.7. The quantitative estimate of drug-likeness (QED) is 0.806. The summed E-state index contributed by atoms with van der Waals surface area (Å²) in [5.41, 5.74) is 1.20. The minimum absolute atomic E-state index is 0.651. The van der Waals surface area contributed by atoms with Crippen LogP contribution in [-0.2, 0) is 0 Å². The molecule has 1 saturated carbocycles. The number of nitrogens with one attached hydrogen (secondary N) is 1. The minimum Gasteiger partial charge on any atom is -0.381 e. The van der Waals surface area contributed by atoms with Gasteiger partial charge in [-0.2, -0.15) is 0 Å². The van der Waals surface area contributed by atoms with Crippen LogP contribution in [0, 0.1) is 11.8 Å². The van der Waals surface area contributed by atoms with Crippen molar-refractivity contribution < 1.29 is 0 Å². The van der Waals surface area contributed by atoms with Crippen LogP contribution < -0.4 is 5.32 Å².